The maximum atomic E-state index is 12.3. The van der Waals surface area contributed by atoms with Crippen LogP contribution in [0.5, 0.6) is 5.75 Å². The van der Waals surface area contributed by atoms with Gasteiger partial charge in [0.25, 0.3) is 5.56 Å². The van der Waals surface area contributed by atoms with Crippen LogP contribution in [-0.4, -0.2) is 16.7 Å². The zero-order valence-electron chi connectivity index (χ0n) is 11.1. The average molecular weight is 323 g/mol. The number of aromatic nitrogens is 2. The van der Waals surface area contributed by atoms with Crippen molar-refractivity contribution in [2.24, 2.45) is 0 Å². The Morgan fingerprint density at radius 2 is 1.89 bits per heavy atom. The maximum absolute atomic E-state index is 12.3. The summed E-state index contributed by atoms with van der Waals surface area (Å²) in [7, 11) is 1.61. The molecule has 0 aliphatic carbocycles. The maximum Gasteiger partial charge on any atom is 0.272 e. The summed E-state index contributed by atoms with van der Waals surface area (Å²) in [5.41, 5.74) is 1.42. The molecule has 0 aliphatic rings. The zero-order valence-corrected chi connectivity index (χ0v) is 12.6. The first-order chi connectivity index (χ1) is 9.04. The molecule has 0 N–H and O–H groups in total. The molecule has 1 aromatic heterocycles. The minimum Gasteiger partial charge on any atom is -0.497 e. The van der Waals surface area contributed by atoms with E-state index in [1.807, 2.05) is 38.1 Å². The van der Waals surface area contributed by atoms with E-state index in [9.17, 15) is 4.79 Å². The molecule has 0 unspecified atom stereocenters. The Balaban J connectivity index is 2.51. The highest BCUT2D eigenvalue weighted by Crippen LogP contribution is 2.20. The van der Waals surface area contributed by atoms with Crippen molar-refractivity contribution in [2.45, 2.75) is 19.8 Å². The van der Waals surface area contributed by atoms with E-state index in [0.29, 0.717) is 4.47 Å². The molecular weight excluding hydrogens is 308 g/mol. The summed E-state index contributed by atoms with van der Waals surface area (Å²) in [5, 5.41) is 0. The fraction of sp³-hybridized carbons (Fsp3) is 0.286. The summed E-state index contributed by atoms with van der Waals surface area (Å²) >= 11 is 3.34. The molecule has 0 aliphatic heterocycles. The number of rotatable bonds is 3. The van der Waals surface area contributed by atoms with Crippen LogP contribution in [0.15, 0.2) is 39.9 Å². The first-order valence-corrected chi connectivity index (χ1v) is 6.75. The predicted octanol–water partition coefficient (Wildman–Crippen LogP) is 3.13. The minimum absolute atomic E-state index is 0.108. The third-order valence-corrected chi connectivity index (χ3v) is 3.59. The Morgan fingerprint density at radius 3 is 2.42 bits per heavy atom. The Labute approximate surface area is 120 Å². The average Bonchev–Trinajstić information content (AvgIpc) is 2.41. The van der Waals surface area contributed by atoms with Crippen LogP contribution in [-0.2, 0) is 0 Å². The van der Waals surface area contributed by atoms with Crippen LogP contribution in [0.4, 0.5) is 0 Å². The van der Waals surface area contributed by atoms with Gasteiger partial charge in [0, 0.05) is 0 Å². The van der Waals surface area contributed by atoms with Crippen molar-refractivity contribution in [3.8, 4) is 11.4 Å². The van der Waals surface area contributed by atoms with Gasteiger partial charge in [0.05, 0.1) is 18.5 Å². The lowest BCUT2D eigenvalue weighted by molar-refractivity contribution is 0.414. The molecule has 4 nitrogen and oxygen atoms in total. The summed E-state index contributed by atoms with van der Waals surface area (Å²) < 4.78 is 7.12. The number of ether oxygens (including phenoxy) is 1. The van der Waals surface area contributed by atoms with Gasteiger partial charge in [-0.15, -0.1) is 0 Å². The first-order valence-electron chi connectivity index (χ1n) is 5.96. The highest BCUT2D eigenvalue weighted by Gasteiger charge is 2.12. The number of hydrogen-bond donors (Lipinski definition) is 0. The van der Waals surface area contributed by atoms with E-state index in [-0.39, 0.29) is 11.5 Å². The van der Waals surface area contributed by atoms with E-state index < -0.39 is 0 Å². The van der Waals surface area contributed by atoms with Gasteiger partial charge in [0.15, 0.2) is 0 Å². The van der Waals surface area contributed by atoms with Gasteiger partial charge in [-0.2, -0.15) is 0 Å². The van der Waals surface area contributed by atoms with Crippen molar-refractivity contribution in [1.29, 1.82) is 0 Å². The molecule has 0 fully saturated rings. The molecule has 0 bridgehead atoms. The fourth-order valence-electron chi connectivity index (χ4n) is 1.77. The molecule has 0 atom stereocenters. The van der Waals surface area contributed by atoms with Crippen molar-refractivity contribution in [1.82, 2.24) is 9.55 Å². The van der Waals surface area contributed by atoms with Crippen molar-refractivity contribution in [3.63, 3.8) is 0 Å². The monoisotopic (exact) mass is 322 g/mol. The van der Waals surface area contributed by atoms with Crippen molar-refractivity contribution < 1.29 is 4.74 Å². The van der Waals surface area contributed by atoms with Crippen LogP contribution in [0, 0.1) is 0 Å². The largest absolute Gasteiger partial charge is 0.497 e. The number of benzene rings is 1. The Morgan fingerprint density at radius 1 is 1.26 bits per heavy atom. The van der Waals surface area contributed by atoms with Gasteiger partial charge >= 0.3 is 0 Å². The molecule has 1 heterocycles. The molecule has 100 valence electrons. The Hall–Kier alpha value is -1.62. The molecule has 0 amide bonds. The third kappa shape index (κ3) is 2.71. The van der Waals surface area contributed by atoms with Crippen molar-refractivity contribution in [2.75, 3.05) is 7.11 Å². The second-order valence-corrected chi connectivity index (χ2v) is 5.26. The summed E-state index contributed by atoms with van der Waals surface area (Å²) in [5.74, 6) is 0.954. The molecule has 0 saturated heterocycles. The standard InChI is InChI=1S/C14H15BrN2O2/c1-9(2)13-12(15)14(18)17(8-16-13)10-4-6-11(19-3)7-5-10/h4-9H,1-3H3. The highest BCUT2D eigenvalue weighted by molar-refractivity contribution is 9.10. The van der Waals surface area contributed by atoms with Crippen LogP contribution >= 0.6 is 15.9 Å². The normalized spacial score (nSPS) is 10.8. The van der Waals surface area contributed by atoms with Crippen LogP contribution in [0.25, 0.3) is 5.69 Å². The van der Waals surface area contributed by atoms with Crippen LogP contribution in [0.1, 0.15) is 25.5 Å². The molecule has 2 rings (SSSR count). The lowest BCUT2D eigenvalue weighted by atomic mass is 10.1. The van der Waals surface area contributed by atoms with E-state index in [4.69, 9.17) is 4.74 Å². The van der Waals surface area contributed by atoms with Crippen molar-refractivity contribution >= 4 is 15.9 Å². The second-order valence-electron chi connectivity index (χ2n) is 4.47. The number of methoxy groups -OCH3 is 1. The summed E-state index contributed by atoms with van der Waals surface area (Å²) in [6.45, 7) is 4.01. The number of halogens is 1. The zero-order chi connectivity index (χ0) is 14.0. The van der Waals surface area contributed by atoms with E-state index in [1.165, 1.54) is 4.57 Å². The lowest BCUT2D eigenvalue weighted by Crippen LogP contribution is -2.21. The number of nitrogens with zero attached hydrogens (tertiary/aromatic N) is 2. The quantitative estimate of drug-likeness (QED) is 0.872. The van der Waals surface area contributed by atoms with E-state index >= 15 is 0 Å². The van der Waals surface area contributed by atoms with Crippen LogP contribution in [0.2, 0.25) is 0 Å². The van der Waals surface area contributed by atoms with Gasteiger partial charge < -0.3 is 4.74 Å². The second kappa shape index (κ2) is 5.57. The first kappa shape index (κ1) is 13.8. The summed E-state index contributed by atoms with van der Waals surface area (Å²) in [4.78, 5) is 16.6. The molecule has 19 heavy (non-hydrogen) atoms. The minimum atomic E-state index is -0.108. The molecule has 1 aromatic carbocycles. The molecule has 0 spiro atoms. The molecule has 2 aromatic rings. The van der Waals surface area contributed by atoms with Crippen LogP contribution < -0.4 is 10.3 Å². The molecular formula is C14H15BrN2O2. The molecule has 5 heteroatoms. The number of hydrogen-bond acceptors (Lipinski definition) is 3. The van der Waals surface area contributed by atoms with Gasteiger partial charge in [-0.25, -0.2) is 4.98 Å². The highest BCUT2D eigenvalue weighted by atomic mass is 79.9. The Bertz CT molecular complexity index is 633. The van der Waals surface area contributed by atoms with Gasteiger partial charge in [-0.05, 0) is 46.1 Å². The Kier molecular flexibility index (Phi) is 4.04. The molecule has 0 saturated carbocycles. The topological polar surface area (TPSA) is 44.1 Å². The van der Waals surface area contributed by atoms with Crippen molar-refractivity contribution in [3.05, 3.63) is 51.1 Å². The van der Waals surface area contributed by atoms with E-state index in [2.05, 4.69) is 20.9 Å². The van der Waals surface area contributed by atoms with E-state index in [0.717, 1.165) is 17.1 Å². The smallest absolute Gasteiger partial charge is 0.272 e. The van der Waals surface area contributed by atoms with Crippen LogP contribution in [0.3, 0.4) is 0 Å². The summed E-state index contributed by atoms with van der Waals surface area (Å²) in [6, 6.07) is 7.27. The summed E-state index contributed by atoms with van der Waals surface area (Å²) in [6.07, 6.45) is 1.56. The predicted molar refractivity (Wildman–Crippen MR) is 78.2 cm³/mol. The van der Waals surface area contributed by atoms with E-state index in [1.54, 1.807) is 13.4 Å². The van der Waals surface area contributed by atoms with Gasteiger partial charge in [-0.3, -0.25) is 9.36 Å². The van der Waals surface area contributed by atoms with Gasteiger partial charge in [0.2, 0.25) is 0 Å². The SMILES string of the molecule is COc1ccc(-n2cnc(C(C)C)c(Br)c2=O)cc1. The third-order valence-electron chi connectivity index (χ3n) is 2.84. The molecule has 0 radical (unpaired) electrons. The van der Waals surface area contributed by atoms with Gasteiger partial charge in [-0.1, -0.05) is 13.8 Å². The van der Waals surface area contributed by atoms with Gasteiger partial charge in [0.1, 0.15) is 16.5 Å². The lowest BCUT2D eigenvalue weighted by Gasteiger charge is -2.11. The fourth-order valence-corrected chi connectivity index (χ4v) is 2.52.